The number of carbonyl (C=O) groups is 1. The van der Waals surface area contributed by atoms with Crippen molar-refractivity contribution in [3.63, 3.8) is 0 Å². The third-order valence-corrected chi connectivity index (χ3v) is 1.68. The summed E-state index contributed by atoms with van der Waals surface area (Å²) in [7, 11) is 1.36. The van der Waals surface area contributed by atoms with Crippen LogP contribution < -0.4 is 16.4 Å². The Morgan fingerprint density at radius 2 is 1.94 bits per heavy atom. The van der Waals surface area contributed by atoms with E-state index in [1.807, 2.05) is 5.32 Å². The first-order valence-electron chi connectivity index (χ1n) is 4.29. The molecule has 0 aliphatic heterocycles. The fraction of sp³-hybridized carbons (Fsp3) is 0.111. The molecule has 0 aliphatic rings. The summed E-state index contributed by atoms with van der Waals surface area (Å²) in [5, 5.41) is 4.06. The summed E-state index contributed by atoms with van der Waals surface area (Å²) >= 11 is 0. The molecular formula is C9H10F2N4O. The molecule has 0 aromatic heterocycles. The predicted molar refractivity (Wildman–Crippen MR) is 56.1 cm³/mol. The van der Waals surface area contributed by atoms with Gasteiger partial charge in [-0.15, -0.1) is 0 Å². The highest BCUT2D eigenvalue weighted by molar-refractivity contribution is 6.01. The quantitative estimate of drug-likeness (QED) is 0.495. The molecule has 0 unspecified atom stereocenters. The van der Waals surface area contributed by atoms with Crippen molar-refractivity contribution >= 4 is 17.7 Å². The molecule has 1 aromatic carbocycles. The summed E-state index contributed by atoms with van der Waals surface area (Å²) in [6, 6.07) is 2.37. The molecule has 0 aliphatic carbocycles. The SMILES string of the molecule is CN=C(N)NC(=O)Nc1c(F)cccc1F. The molecule has 16 heavy (non-hydrogen) atoms. The molecule has 0 spiro atoms. The van der Waals surface area contributed by atoms with Crippen molar-refractivity contribution in [2.24, 2.45) is 10.7 Å². The highest BCUT2D eigenvalue weighted by atomic mass is 19.1. The zero-order valence-corrected chi connectivity index (χ0v) is 8.42. The van der Waals surface area contributed by atoms with Crippen LogP contribution in [0.3, 0.4) is 0 Å². The highest BCUT2D eigenvalue weighted by Gasteiger charge is 2.11. The van der Waals surface area contributed by atoms with Gasteiger partial charge in [-0.05, 0) is 12.1 Å². The first-order chi connectivity index (χ1) is 7.54. The minimum absolute atomic E-state index is 0.158. The molecule has 0 heterocycles. The van der Waals surface area contributed by atoms with E-state index in [0.29, 0.717) is 0 Å². The van der Waals surface area contributed by atoms with Crippen LogP contribution in [0.1, 0.15) is 0 Å². The molecule has 0 fully saturated rings. The molecule has 0 radical (unpaired) electrons. The molecule has 2 amide bonds. The molecule has 5 nitrogen and oxygen atoms in total. The van der Waals surface area contributed by atoms with E-state index in [9.17, 15) is 13.6 Å². The lowest BCUT2D eigenvalue weighted by Gasteiger charge is -2.08. The number of urea groups is 1. The second kappa shape index (κ2) is 5.06. The van der Waals surface area contributed by atoms with Gasteiger partial charge in [0.1, 0.15) is 17.3 Å². The van der Waals surface area contributed by atoms with Gasteiger partial charge in [0.2, 0.25) is 0 Å². The first kappa shape index (κ1) is 11.9. The van der Waals surface area contributed by atoms with Crippen molar-refractivity contribution in [3.8, 4) is 0 Å². The number of nitrogens with one attached hydrogen (secondary N) is 2. The Morgan fingerprint density at radius 3 is 2.44 bits per heavy atom. The molecule has 86 valence electrons. The van der Waals surface area contributed by atoms with E-state index in [-0.39, 0.29) is 5.96 Å². The predicted octanol–water partition coefficient (Wildman–Crippen LogP) is 1.03. The maximum absolute atomic E-state index is 13.1. The largest absolute Gasteiger partial charge is 0.370 e. The third-order valence-electron chi connectivity index (χ3n) is 1.68. The molecule has 0 bridgehead atoms. The van der Waals surface area contributed by atoms with Crippen molar-refractivity contribution in [1.82, 2.24) is 5.32 Å². The van der Waals surface area contributed by atoms with Crippen molar-refractivity contribution in [3.05, 3.63) is 29.8 Å². The average Bonchev–Trinajstić information content (AvgIpc) is 2.23. The number of guanidine groups is 1. The summed E-state index contributed by atoms with van der Waals surface area (Å²) in [5.41, 5.74) is 4.66. The number of anilines is 1. The Balaban J connectivity index is 2.77. The van der Waals surface area contributed by atoms with E-state index in [2.05, 4.69) is 10.3 Å². The minimum atomic E-state index is -0.873. The van der Waals surface area contributed by atoms with Gasteiger partial charge in [-0.3, -0.25) is 10.3 Å². The number of nitrogens with two attached hydrogens (primary N) is 1. The smallest absolute Gasteiger partial charge is 0.326 e. The van der Waals surface area contributed by atoms with Crippen molar-refractivity contribution in [2.45, 2.75) is 0 Å². The molecular weight excluding hydrogens is 218 g/mol. The van der Waals surface area contributed by atoms with E-state index in [1.54, 1.807) is 0 Å². The van der Waals surface area contributed by atoms with Gasteiger partial charge in [0, 0.05) is 7.05 Å². The van der Waals surface area contributed by atoms with Crippen LogP contribution in [-0.2, 0) is 0 Å². The summed E-state index contributed by atoms with van der Waals surface area (Å²) in [6.07, 6.45) is 0. The lowest BCUT2D eigenvalue weighted by molar-refractivity contribution is 0.255. The van der Waals surface area contributed by atoms with E-state index in [0.717, 1.165) is 12.1 Å². The van der Waals surface area contributed by atoms with E-state index in [1.165, 1.54) is 13.1 Å². The number of para-hydroxylation sites is 1. The zero-order valence-electron chi connectivity index (χ0n) is 8.42. The van der Waals surface area contributed by atoms with Crippen LogP contribution in [0, 0.1) is 11.6 Å². The Morgan fingerprint density at radius 1 is 1.38 bits per heavy atom. The Labute approximate surface area is 90.4 Å². The number of nitrogens with zero attached hydrogens (tertiary/aromatic N) is 1. The van der Waals surface area contributed by atoms with Gasteiger partial charge in [-0.2, -0.15) is 0 Å². The maximum atomic E-state index is 13.1. The number of rotatable bonds is 1. The summed E-state index contributed by atoms with van der Waals surface area (Å²) < 4.78 is 26.2. The molecule has 7 heteroatoms. The van der Waals surface area contributed by atoms with Crippen molar-refractivity contribution in [1.29, 1.82) is 0 Å². The van der Waals surface area contributed by atoms with Gasteiger partial charge in [-0.1, -0.05) is 6.07 Å². The normalized spacial score (nSPS) is 11.1. The van der Waals surface area contributed by atoms with Crippen LogP contribution in [-0.4, -0.2) is 19.0 Å². The molecule has 4 N–H and O–H groups in total. The second-order valence-electron chi connectivity index (χ2n) is 2.78. The zero-order chi connectivity index (χ0) is 12.1. The van der Waals surface area contributed by atoms with Crippen molar-refractivity contribution < 1.29 is 13.6 Å². The maximum Gasteiger partial charge on any atom is 0.326 e. The van der Waals surface area contributed by atoms with Crippen LogP contribution in [0.5, 0.6) is 0 Å². The van der Waals surface area contributed by atoms with Gasteiger partial charge in [0.25, 0.3) is 0 Å². The lowest BCUT2D eigenvalue weighted by Crippen LogP contribution is -2.39. The van der Waals surface area contributed by atoms with Crippen LogP contribution in [0.4, 0.5) is 19.3 Å². The fourth-order valence-electron chi connectivity index (χ4n) is 0.934. The Hall–Kier alpha value is -2.18. The summed E-state index contributed by atoms with van der Waals surface area (Å²) in [6.45, 7) is 0. The number of hydrogen-bond acceptors (Lipinski definition) is 2. The first-order valence-corrected chi connectivity index (χ1v) is 4.29. The van der Waals surface area contributed by atoms with Crippen LogP contribution in [0.2, 0.25) is 0 Å². The van der Waals surface area contributed by atoms with Crippen LogP contribution >= 0.6 is 0 Å². The number of amides is 2. The Bertz CT molecular complexity index is 413. The standard InChI is InChI=1S/C9H10F2N4O/c1-13-8(12)15-9(16)14-7-5(10)3-2-4-6(7)11/h2-4H,1H3,(H4,12,13,14,15,16). The minimum Gasteiger partial charge on any atom is -0.370 e. The molecule has 1 rings (SSSR count). The molecule has 0 atom stereocenters. The van der Waals surface area contributed by atoms with Gasteiger partial charge < -0.3 is 11.1 Å². The number of aliphatic imine (C=N–C) groups is 1. The number of carbonyl (C=O) groups excluding carboxylic acids is 1. The number of hydrogen-bond donors (Lipinski definition) is 3. The van der Waals surface area contributed by atoms with Gasteiger partial charge in [0.15, 0.2) is 5.96 Å². The average molecular weight is 228 g/mol. The topological polar surface area (TPSA) is 79.5 Å². The van der Waals surface area contributed by atoms with E-state index < -0.39 is 23.4 Å². The fourth-order valence-corrected chi connectivity index (χ4v) is 0.934. The summed E-state index contributed by atoms with van der Waals surface area (Å²) in [5.74, 6) is -1.90. The molecule has 0 saturated heterocycles. The number of benzene rings is 1. The van der Waals surface area contributed by atoms with Crippen LogP contribution in [0.15, 0.2) is 23.2 Å². The van der Waals surface area contributed by atoms with Gasteiger partial charge >= 0.3 is 6.03 Å². The molecule has 1 aromatic rings. The highest BCUT2D eigenvalue weighted by Crippen LogP contribution is 2.17. The van der Waals surface area contributed by atoms with E-state index in [4.69, 9.17) is 5.73 Å². The van der Waals surface area contributed by atoms with E-state index >= 15 is 0 Å². The van der Waals surface area contributed by atoms with Gasteiger partial charge in [0.05, 0.1) is 0 Å². The third kappa shape index (κ3) is 2.91. The number of halogens is 2. The lowest BCUT2D eigenvalue weighted by atomic mass is 10.3. The summed E-state index contributed by atoms with van der Waals surface area (Å²) in [4.78, 5) is 14.6. The monoisotopic (exact) mass is 228 g/mol. The molecule has 0 saturated carbocycles. The van der Waals surface area contributed by atoms with Crippen molar-refractivity contribution in [2.75, 3.05) is 12.4 Å². The second-order valence-corrected chi connectivity index (χ2v) is 2.78. The van der Waals surface area contributed by atoms with Gasteiger partial charge in [-0.25, -0.2) is 13.6 Å². The van der Waals surface area contributed by atoms with Crippen LogP contribution in [0.25, 0.3) is 0 Å². The Kier molecular flexibility index (Phi) is 3.76.